The van der Waals surface area contributed by atoms with Crippen LogP contribution in [0.4, 0.5) is 0 Å². The fourth-order valence-corrected chi connectivity index (χ4v) is 4.47. The maximum atomic E-state index is 12.4. The first-order valence-electron chi connectivity index (χ1n) is 9.76. The third-order valence-electron chi connectivity index (χ3n) is 5.00. The predicted molar refractivity (Wildman–Crippen MR) is 119 cm³/mol. The summed E-state index contributed by atoms with van der Waals surface area (Å²) in [7, 11) is 0. The van der Waals surface area contributed by atoms with Gasteiger partial charge in [0.1, 0.15) is 5.69 Å². The molecule has 1 fully saturated rings. The molecule has 1 unspecified atom stereocenters. The molecule has 2 N–H and O–H groups in total. The molecule has 3 aromatic rings. The molecule has 0 spiro atoms. The zero-order chi connectivity index (χ0) is 19.3. The number of halogens is 1. The SMILES string of the molecule is Cc1sc(CCNC(=O)c2ccn(C3CCCNC3)n2)nc1-c1ccccc1.Cl. The summed E-state index contributed by atoms with van der Waals surface area (Å²) >= 11 is 1.69. The van der Waals surface area contributed by atoms with Crippen LogP contribution in [0.3, 0.4) is 0 Å². The third kappa shape index (κ3) is 5.23. The normalized spacial score (nSPS) is 16.2. The van der Waals surface area contributed by atoms with Gasteiger partial charge in [-0.3, -0.25) is 9.48 Å². The fraction of sp³-hybridized carbons (Fsp3) is 0.381. The van der Waals surface area contributed by atoms with Gasteiger partial charge >= 0.3 is 0 Å². The Bertz CT molecular complexity index is 934. The Morgan fingerprint density at radius 1 is 1.31 bits per heavy atom. The van der Waals surface area contributed by atoms with Crippen molar-refractivity contribution in [3.8, 4) is 11.3 Å². The number of hydrogen-bond donors (Lipinski definition) is 2. The smallest absolute Gasteiger partial charge is 0.271 e. The molecule has 2 aromatic heterocycles. The second-order valence-corrected chi connectivity index (χ2v) is 8.35. The lowest BCUT2D eigenvalue weighted by Gasteiger charge is -2.22. The minimum Gasteiger partial charge on any atom is -0.350 e. The van der Waals surface area contributed by atoms with Gasteiger partial charge in [-0.05, 0) is 32.4 Å². The van der Waals surface area contributed by atoms with Gasteiger partial charge in [0.25, 0.3) is 5.91 Å². The highest BCUT2D eigenvalue weighted by Crippen LogP contribution is 2.27. The highest BCUT2D eigenvalue weighted by atomic mass is 35.5. The summed E-state index contributed by atoms with van der Waals surface area (Å²) in [4.78, 5) is 18.4. The van der Waals surface area contributed by atoms with Gasteiger partial charge in [-0.25, -0.2) is 4.98 Å². The van der Waals surface area contributed by atoms with Crippen LogP contribution in [0.25, 0.3) is 11.3 Å². The van der Waals surface area contributed by atoms with E-state index < -0.39 is 0 Å². The van der Waals surface area contributed by atoms with Crippen LogP contribution in [0, 0.1) is 6.92 Å². The highest BCUT2D eigenvalue weighted by molar-refractivity contribution is 7.12. The number of thiazole rings is 1. The van der Waals surface area contributed by atoms with Gasteiger partial charge in [-0.15, -0.1) is 23.7 Å². The van der Waals surface area contributed by atoms with Crippen molar-refractivity contribution in [2.24, 2.45) is 0 Å². The van der Waals surface area contributed by atoms with Gasteiger partial charge in [-0.1, -0.05) is 30.3 Å². The van der Waals surface area contributed by atoms with E-state index in [9.17, 15) is 4.79 Å². The van der Waals surface area contributed by atoms with Crippen LogP contribution < -0.4 is 10.6 Å². The molecule has 8 heteroatoms. The fourth-order valence-electron chi connectivity index (χ4n) is 3.52. The molecule has 0 radical (unpaired) electrons. The molecule has 1 aliphatic heterocycles. The lowest BCUT2D eigenvalue weighted by Crippen LogP contribution is -2.32. The number of nitrogens with one attached hydrogen (secondary N) is 2. The van der Waals surface area contributed by atoms with Gasteiger partial charge in [0, 0.05) is 36.1 Å². The lowest BCUT2D eigenvalue weighted by molar-refractivity contribution is 0.0947. The number of hydrogen-bond acceptors (Lipinski definition) is 5. The molecular formula is C21H26ClN5OS. The maximum absolute atomic E-state index is 12.4. The van der Waals surface area contributed by atoms with Crippen molar-refractivity contribution >= 4 is 29.7 Å². The number of aromatic nitrogens is 3. The number of carbonyl (C=O) groups is 1. The van der Waals surface area contributed by atoms with Crippen molar-refractivity contribution in [3.63, 3.8) is 0 Å². The first kappa shape index (κ1) is 21.5. The molecular weight excluding hydrogens is 406 g/mol. The summed E-state index contributed by atoms with van der Waals surface area (Å²) < 4.78 is 1.91. The van der Waals surface area contributed by atoms with Crippen LogP contribution in [0.15, 0.2) is 42.6 Å². The topological polar surface area (TPSA) is 71.8 Å². The Labute approximate surface area is 181 Å². The average Bonchev–Trinajstić information content (AvgIpc) is 3.36. The molecule has 0 aliphatic carbocycles. The highest BCUT2D eigenvalue weighted by Gasteiger charge is 2.17. The second-order valence-electron chi connectivity index (χ2n) is 7.07. The van der Waals surface area contributed by atoms with Crippen LogP contribution >= 0.6 is 23.7 Å². The molecule has 1 aromatic carbocycles. The molecule has 1 saturated heterocycles. The largest absolute Gasteiger partial charge is 0.350 e. The molecule has 154 valence electrons. The van der Waals surface area contributed by atoms with Gasteiger partial charge in [0.15, 0.2) is 0 Å². The zero-order valence-corrected chi connectivity index (χ0v) is 18.1. The summed E-state index contributed by atoms with van der Waals surface area (Å²) in [6, 6.07) is 12.3. The molecule has 3 heterocycles. The first-order chi connectivity index (χ1) is 13.7. The lowest BCUT2D eigenvalue weighted by atomic mass is 10.1. The Hall–Kier alpha value is -2.22. The summed E-state index contributed by atoms with van der Waals surface area (Å²) in [5.41, 5.74) is 2.65. The number of rotatable bonds is 6. The van der Waals surface area contributed by atoms with Crippen molar-refractivity contribution in [1.82, 2.24) is 25.4 Å². The Balaban J connectivity index is 0.00000240. The minimum atomic E-state index is -0.126. The molecule has 6 nitrogen and oxygen atoms in total. The molecule has 4 rings (SSSR count). The van der Waals surface area contributed by atoms with E-state index in [4.69, 9.17) is 4.98 Å². The van der Waals surface area contributed by atoms with Gasteiger partial charge in [0.05, 0.1) is 16.7 Å². The quantitative estimate of drug-likeness (QED) is 0.625. The van der Waals surface area contributed by atoms with Gasteiger partial charge in [-0.2, -0.15) is 5.10 Å². The second kappa shape index (κ2) is 10.0. The standard InChI is InChI=1S/C21H25N5OS.ClH/c1-15-20(16-6-3-2-4-7-16)24-19(28-15)9-12-23-21(27)18-10-13-26(25-18)17-8-5-11-22-14-17;/h2-4,6-7,10,13,17,22H,5,8-9,11-12,14H2,1H3,(H,23,27);1H. The predicted octanol–water partition coefficient (Wildman–Crippen LogP) is 3.63. The van der Waals surface area contributed by atoms with Crippen LogP contribution in [-0.2, 0) is 6.42 Å². The number of carbonyl (C=O) groups excluding carboxylic acids is 1. The van der Waals surface area contributed by atoms with E-state index in [1.165, 1.54) is 4.88 Å². The van der Waals surface area contributed by atoms with Crippen molar-refractivity contribution in [3.05, 3.63) is 58.2 Å². The van der Waals surface area contributed by atoms with Crippen molar-refractivity contribution < 1.29 is 4.79 Å². The van der Waals surface area contributed by atoms with Crippen LogP contribution in [0.2, 0.25) is 0 Å². The van der Waals surface area contributed by atoms with Crippen LogP contribution in [0.1, 0.15) is 39.3 Å². The molecule has 1 amide bonds. The van der Waals surface area contributed by atoms with Crippen molar-refractivity contribution in [2.45, 2.75) is 32.2 Å². The summed E-state index contributed by atoms with van der Waals surface area (Å²) in [6.45, 7) is 4.62. The molecule has 1 atom stereocenters. The van der Waals surface area contributed by atoms with E-state index in [2.05, 4.69) is 34.8 Å². The number of nitrogens with zero attached hydrogens (tertiary/aromatic N) is 3. The average molecular weight is 432 g/mol. The van der Waals surface area contributed by atoms with Crippen molar-refractivity contribution in [2.75, 3.05) is 19.6 Å². The van der Waals surface area contributed by atoms with Crippen LogP contribution in [-0.4, -0.2) is 40.3 Å². The summed E-state index contributed by atoms with van der Waals surface area (Å²) in [6.07, 6.45) is 4.87. The van der Waals surface area contributed by atoms with E-state index in [0.29, 0.717) is 18.3 Å². The van der Waals surface area contributed by atoms with Gasteiger partial charge in [0.2, 0.25) is 0 Å². The Kier molecular flexibility index (Phi) is 7.41. The van der Waals surface area contributed by atoms with E-state index in [1.54, 1.807) is 17.4 Å². The maximum Gasteiger partial charge on any atom is 0.271 e. The van der Waals surface area contributed by atoms with E-state index in [-0.39, 0.29) is 18.3 Å². The Morgan fingerprint density at radius 3 is 2.90 bits per heavy atom. The summed E-state index contributed by atoms with van der Waals surface area (Å²) in [5.74, 6) is -0.126. The molecule has 29 heavy (non-hydrogen) atoms. The van der Waals surface area contributed by atoms with E-state index >= 15 is 0 Å². The molecule has 0 bridgehead atoms. The first-order valence-corrected chi connectivity index (χ1v) is 10.6. The van der Waals surface area contributed by atoms with E-state index in [0.717, 1.165) is 48.6 Å². The Morgan fingerprint density at radius 2 is 2.14 bits per heavy atom. The van der Waals surface area contributed by atoms with Crippen LogP contribution in [0.5, 0.6) is 0 Å². The van der Waals surface area contributed by atoms with Gasteiger partial charge < -0.3 is 10.6 Å². The number of aryl methyl sites for hydroxylation is 1. The third-order valence-corrected chi connectivity index (χ3v) is 6.03. The monoisotopic (exact) mass is 431 g/mol. The summed E-state index contributed by atoms with van der Waals surface area (Å²) in [5, 5.41) is 11.9. The molecule has 1 aliphatic rings. The number of amides is 1. The zero-order valence-electron chi connectivity index (χ0n) is 16.4. The minimum absolute atomic E-state index is 0. The number of piperidine rings is 1. The van der Waals surface area contributed by atoms with E-state index in [1.807, 2.05) is 29.1 Å². The van der Waals surface area contributed by atoms with Crippen molar-refractivity contribution in [1.29, 1.82) is 0 Å². The number of benzene rings is 1. The molecule has 0 saturated carbocycles.